The number of nitrogens with zero attached hydrogens (tertiary/aromatic N) is 2. The Kier molecular flexibility index (Phi) is 4.40. The van der Waals surface area contributed by atoms with Gasteiger partial charge in [0.25, 0.3) is 0 Å². The fraction of sp³-hybridized carbons (Fsp3) is 0.471. The van der Waals surface area contributed by atoms with Crippen LogP contribution in [0.1, 0.15) is 12.8 Å². The van der Waals surface area contributed by atoms with Crippen molar-refractivity contribution in [3.8, 4) is 0 Å². The number of aromatic nitrogens is 1. The van der Waals surface area contributed by atoms with Crippen molar-refractivity contribution in [3.05, 3.63) is 36.7 Å². The van der Waals surface area contributed by atoms with E-state index in [1.54, 1.807) is 30.6 Å². The fourth-order valence-corrected chi connectivity index (χ4v) is 4.50. The molecule has 5 nitrogen and oxygen atoms in total. The quantitative estimate of drug-likeness (QED) is 0.870. The van der Waals surface area contributed by atoms with Gasteiger partial charge >= 0.3 is 0 Å². The minimum absolute atomic E-state index is 0.337. The molecule has 0 saturated carbocycles. The largest absolute Gasteiger partial charge is 0.328 e. The average molecular weight is 334 g/mol. The van der Waals surface area contributed by atoms with E-state index >= 15 is 0 Å². The molecule has 1 fully saturated rings. The number of fused-ring (bicyclic) bond motifs is 1. The maximum absolute atomic E-state index is 12.7. The molecule has 23 heavy (non-hydrogen) atoms. The molecular formula is C17H24N3O2S+. The molecule has 2 aromatic rings. The zero-order valence-corrected chi connectivity index (χ0v) is 14.5. The van der Waals surface area contributed by atoms with Gasteiger partial charge in [-0.1, -0.05) is 12.1 Å². The second-order valence-corrected chi connectivity index (χ2v) is 8.77. The standard InChI is InChI=1S/C17H24N3O2S/c1-20(2)10-7-14(8-11-20)12-19-23(21,22)17-5-3-4-15-13-18-9-6-16(15)17/h3-6,9,13-14,19H,7-8,10-12H2,1-2H3/q+1. The normalized spacial score (nSPS) is 19.0. The molecule has 6 heteroatoms. The van der Waals surface area contributed by atoms with Gasteiger partial charge in [-0.05, 0) is 18.1 Å². The van der Waals surface area contributed by atoms with Gasteiger partial charge < -0.3 is 4.48 Å². The van der Waals surface area contributed by atoms with Crippen LogP contribution in [0.4, 0.5) is 0 Å². The smallest absolute Gasteiger partial charge is 0.241 e. The Morgan fingerprint density at radius 3 is 2.70 bits per heavy atom. The number of pyridine rings is 1. The fourth-order valence-electron chi connectivity index (χ4n) is 3.16. The van der Waals surface area contributed by atoms with E-state index in [1.807, 2.05) is 6.07 Å². The van der Waals surface area contributed by atoms with E-state index in [2.05, 4.69) is 23.8 Å². The molecule has 3 rings (SSSR count). The van der Waals surface area contributed by atoms with Gasteiger partial charge in [0.2, 0.25) is 10.0 Å². The second kappa shape index (κ2) is 6.19. The topological polar surface area (TPSA) is 59.1 Å². The molecule has 1 saturated heterocycles. The van der Waals surface area contributed by atoms with E-state index in [0.717, 1.165) is 41.2 Å². The first-order valence-electron chi connectivity index (χ1n) is 8.02. The molecule has 1 aliphatic rings. The van der Waals surface area contributed by atoms with Crippen LogP contribution in [0.2, 0.25) is 0 Å². The summed E-state index contributed by atoms with van der Waals surface area (Å²) < 4.78 is 29.2. The van der Waals surface area contributed by atoms with E-state index < -0.39 is 10.0 Å². The molecule has 1 N–H and O–H groups in total. The van der Waals surface area contributed by atoms with Crippen LogP contribution in [0, 0.1) is 5.92 Å². The van der Waals surface area contributed by atoms with Gasteiger partial charge in [-0.3, -0.25) is 4.98 Å². The highest BCUT2D eigenvalue weighted by atomic mass is 32.2. The van der Waals surface area contributed by atoms with Crippen LogP contribution in [0.3, 0.4) is 0 Å². The number of nitrogens with one attached hydrogen (secondary N) is 1. The lowest BCUT2D eigenvalue weighted by Gasteiger charge is -2.37. The summed E-state index contributed by atoms with van der Waals surface area (Å²) in [6.45, 7) is 2.72. The van der Waals surface area contributed by atoms with Gasteiger partial charge in [0, 0.05) is 42.6 Å². The summed E-state index contributed by atoms with van der Waals surface area (Å²) in [4.78, 5) is 4.39. The summed E-state index contributed by atoms with van der Waals surface area (Å²) >= 11 is 0. The van der Waals surface area contributed by atoms with Crippen LogP contribution in [0.25, 0.3) is 10.8 Å². The Morgan fingerprint density at radius 2 is 1.96 bits per heavy atom. The van der Waals surface area contributed by atoms with Crippen LogP contribution >= 0.6 is 0 Å². The Balaban J connectivity index is 1.74. The van der Waals surface area contributed by atoms with Gasteiger partial charge in [0.05, 0.1) is 32.1 Å². The lowest BCUT2D eigenvalue weighted by atomic mass is 9.96. The molecule has 1 aromatic heterocycles. The third-order valence-corrected chi connectivity index (χ3v) is 6.26. The van der Waals surface area contributed by atoms with Crippen molar-refractivity contribution in [1.29, 1.82) is 0 Å². The lowest BCUT2D eigenvalue weighted by Crippen LogP contribution is -2.47. The van der Waals surface area contributed by atoms with E-state index in [9.17, 15) is 8.42 Å². The van der Waals surface area contributed by atoms with Gasteiger partial charge in [-0.25, -0.2) is 13.1 Å². The van der Waals surface area contributed by atoms with Crippen LogP contribution in [-0.2, 0) is 10.0 Å². The van der Waals surface area contributed by atoms with Crippen molar-refractivity contribution in [3.63, 3.8) is 0 Å². The average Bonchev–Trinajstić information content (AvgIpc) is 2.53. The first kappa shape index (κ1) is 16.4. The molecule has 0 amide bonds. The summed E-state index contributed by atoms with van der Waals surface area (Å²) in [6, 6.07) is 7.05. The highest BCUT2D eigenvalue weighted by Crippen LogP contribution is 2.23. The van der Waals surface area contributed by atoms with Crippen LogP contribution in [0.15, 0.2) is 41.6 Å². The number of likely N-dealkylation sites (tertiary alicyclic amines) is 1. The molecule has 1 aromatic carbocycles. The molecule has 0 atom stereocenters. The van der Waals surface area contributed by atoms with E-state index in [0.29, 0.717) is 17.4 Å². The lowest BCUT2D eigenvalue weighted by molar-refractivity contribution is -0.896. The van der Waals surface area contributed by atoms with Crippen molar-refractivity contribution >= 4 is 20.8 Å². The predicted octanol–water partition coefficient (Wildman–Crippen LogP) is 2.00. The van der Waals surface area contributed by atoms with Crippen LogP contribution < -0.4 is 4.72 Å². The number of quaternary nitrogens is 1. The molecule has 1 aliphatic heterocycles. The molecule has 0 spiro atoms. The number of hydrogen-bond acceptors (Lipinski definition) is 3. The maximum Gasteiger partial charge on any atom is 0.241 e. The van der Waals surface area contributed by atoms with Gasteiger partial charge in [0.15, 0.2) is 0 Å². The van der Waals surface area contributed by atoms with Crippen molar-refractivity contribution in [2.24, 2.45) is 5.92 Å². The molecule has 0 unspecified atom stereocenters. The summed E-state index contributed by atoms with van der Waals surface area (Å²) in [7, 11) is 0.956. The number of piperidine rings is 1. The Labute approximate surface area is 138 Å². The summed E-state index contributed by atoms with van der Waals surface area (Å²) in [6.07, 6.45) is 5.45. The van der Waals surface area contributed by atoms with Crippen LogP contribution in [-0.4, -0.2) is 51.6 Å². The monoisotopic (exact) mass is 334 g/mol. The molecule has 2 heterocycles. The number of hydrogen-bond donors (Lipinski definition) is 1. The summed E-state index contributed by atoms with van der Waals surface area (Å²) in [5.41, 5.74) is 0. The third kappa shape index (κ3) is 3.71. The van der Waals surface area contributed by atoms with Gasteiger partial charge in [-0.2, -0.15) is 0 Å². The number of benzene rings is 1. The van der Waals surface area contributed by atoms with Crippen molar-refractivity contribution in [2.45, 2.75) is 17.7 Å². The van der Waals surface area contributed by atoms with Crippen molar-refractivity contribution < 1.29 is 12.9 Å². The van der Waals surface area contributed by atoms with Gasteiger partial charge in [-0.15, -0.1) is 0 Å². The Hall–Kier alpha value is -1.50. The molecule has 0 aliphatic carbocycles. The number of sulfonamides is 1. The predicted molar refractivity (Wildman–Crippen MR) is 91.5 cm³/mol. The molecule has 0 bridgehead atoms. The third-order valence-electron chi connectivity index (χ3n) is 4.78. The highest BCUT2D eigenvalue weighted by molar-refractivity contribution is 7.89. The van der Waals surface area contributed by atoms with Crippen LogP contribution in [0.5, 0.6) is 0 Å². The summed E-state index contributed by atoms with van der Waals surface area (Å²) in [5, 5.41) is 1.56. The first-order valence-corrected chi connectivity index (χ1v) is 9.50. The molecule has 0 radical (unpaired) electrons. The SMILES string of the molecule is C[N+]1(C)CCC(CNS(=O)(=O)c2cccc3cnccc23)CC1. The van der Waals surface area contributed by atoms with E-state index in [1.165, 1.54) is 0 Å². The second-order valence-electron chi connectivity index (χ2n) is 7.03. The maximum atomic E-state index is 12.7. The summed E-state index contributed by atoms with van der Waals surface area (Å²) in [5.74, 6) is 0.424. The Bertz CT molecular complexity index is 787. The zero-order chi connectivity index (χ0) is 16.5. The first-order chi connectivity index (χ1) is 10.9. The Morgan fingerprint density at radius 1 is 1.22 bits per heavy atom. The minimum atomic E-state index is -3.50. The van der Waals surface area contributed by atoms with Crippen molar-refractivity contribution in [2.75, 3.05) is 33.7 Å². The molecule has 124 valence electrons. The number of rotatable bonds is 4. The van der Waals surface area contributed by atoms with Gasteiger partial charge in [0.1, 0.15) is 0 Å². The highest BCUT2D eigenvalue weighted by Gasteiger charge is 2.27. The van der Waals surface area contributed by atoms with E-state index in [-0.39, 0.29) is 0 Å². The van der Waals surface area contributed by atoms with E-state index in [4.69, 9.17) is 0 Å². The van der Waals surface area contributed by atoms with Crippen molar-refractivity contribution in [1.82, 2.24) is 9.71 Å². The zero-order valence-electron chi connectivity index (χ0n) is 13.7. The minimum Gasteiger partial charge on any atom is -0.328 e. The molecular weight excluding hydrogens is 310 g/mol.